The quantitative estimate of drug-likeness (QED) is 0.752. The number of ketones is 2. The molecule has 0 saturated heterocycles. The fourth-order valence-corrected chi connectivity index (χ4v) is 1.62. The van der Waals surface area contributed by atoms with E-state index >= 15 is 0 Å². The van der Waals surface area contributed by atoms with Crippen molar-refractivity contribution in [2.45, 2.75) is 72.9 Å². The van der Waals surface area contributed by atoms with Crippen molar-refractivity contribution in [2.24, 2.45) is 5.41 Å². The first-order chi connectivity index (χ1) is 9.33. The van der Waals surface area contributed by atoms with Crippen LogP contribution in [0.3, 0.4) is 0 Å². The zero-order chi connectivity index (χ0) is 16.8. The zero-order valence-electron chi connectivity index (χ0n) is 14.4. The summed E-state index contributed by atoms with van der Waals surface area (Å²) in [4.78, 5) is 35.3. The molecule has 0 heterocycles. The van der Waals surface area contributed by atoms with Crippen LogP contribution in [-0.2, 0) is 14.4 Å². The van der Waals surface area contributed by atoms with Crippen LogP contribution < -0.4 is 10.6 Å². The summed E-state index contributed by atoms with van der Waals surface area (Å²) in [5.74, 6) is -0.259. The summed E-state index contributed by atoms with van der Waals surface area (Å²) < 4.78 is 0. The Morgan fingerprint density at radius 3 is 1.90 bits per heavy atom. The Morgan fingerprint density at radius 2 is 1.52 bits per heavy atom. The highest BCUT2D eigenvalue weighted by molar-refractivity contribution is 5.89. The summed E-state index contributed by atoms with van der Waals surface area (Å²) in [7, 11) is 0. The van der Waals surface area contributed by atoms with Gasteiger partial charge in [-0.15, -0.1) is 0 Å². The molecule has 0 aromatic rings. The van der Waals surface area contributed by atoms with Gasteiger partial charge in [0.2, 0.25) is 5.91 Å². The van der Waals surface area contributed by atoms with Crippen LogP contribution in [-0.4, -0.2) is 35.6 Å². The molecule has 0 radical (unpaired) electrons. The van der Waals surface area contributed by atoms with E-state index < -0.39 is 11.5 Å². The Bertz CT molecular complexity index is 389. The van der Waals surface area contributed by atoms with E-state index in [4.69, 9.17) is 0 Å². The minimum absolute atomic E-state index is 0.0933. The number of carbonyl (C=O) groups excluding carboxylic acids is 3. The number of carbonyl (C=O) groups is 3. The second-order valence-corrected chi connectivity index (χ2v) is 7.55. The first kappa shape index (κ1) is 19.8. The lowest BCUT2D eigenvalue weighted by molar-refractivity contribution is -0.129. The second kappa shape index (κ2) is 7.69. The molecule has 5 heteroatoms. The van der Waals surface area contributed by atoms with E-state index in [0.29, 0.717) is 12.8 Å². The van der Waals surface area contributed by atoms with Crippen LogP contribution in [0.5, 0.6) is 0 Å². The Kier molecular flexibility index (Phi) is 7.24. The van der Waals surface area contributed by atoms with Gasteiger partial charge in [-0.25, -0.2) is 0 Å². The SMILES string of the molecule is CC(=O)C(CCC(=O)C(C)(C)C)NC(=O)CNC(C)(C)C. The van der Waals surface area contributed by atoms with Crippen molar-refractivity contribution in [2.75, 3.05) is 6.54 Å². The number of amides is 1. The Balaban J connectivity index is 4.41. The number of hydrogen-bond acceptors (Lipinski definition) is 4. The van der Waals surface area contributed by atoms with Crippen molar-refractivity contribution >= 4 is 17.5 Å². The van der Waals surface area contributed by atoms with Gasteiger partial charge in [0.25, 0.3) is 0 Å². The Hall–Kier alpha value is -1.23. The minimum Gasteiger partial charge on any atom is -0.345 e. The summed E-state index contributed by atoms with van der Waals surface area (Å²) in [5.41, 5.74) is -0.579. The lowest BCUT2D eigenvalue weighted by Crippen LogP contribution is -2.48. The van der Waals surface area contributed by atoms with Gasteiger partial charge in [0.1, 0.15) is 5.78 Å². The van der Waals surface area contributed by atoms with Crippen LogP contribution in [0.1, 0.15) is 61.3 Å². The number of hydrogen-bond donors (Lipinski definition) is 2. The van der Waals surface area contributed by atoms with E-state index in [9.17, 15) is 14.4 Å². The van der Waals surface area contributed by atoms with Gasteiger partial charge in [-0.1, -0.05) is 20.8 Å². The highest BCUT2D eigenvalue weighted by Crippen LogP contribution is 2.18. The lowest BCUT2D eigenvalue weighted by atomic mass is 9.87. The standard InChI is InChI=1S/C16H30N2O3/c1-11(19)12(8-9-13(20)15(2,3)4)18-14(21)10-17-16(5,6)7/h12,17H,8-10H2,1-7H3,(H,18,21). The number of rotatable bonds is 7. The average Bonchev–Trinajstić information content (AvgIpc) is 2.28. The number of Topliss-reactive ketones (excluding diaryl/α,β-unsaturated/α-hetero) is 2. The molecule has 1 atom stereocenters. The fourth-order valence-electron chi connectivity index (χ4n) is 1.62. The monoisotopic (exact) mass is 298 g/mol. The second-order valence-electron chi connectivity index (χ2n) is 7.55. The zero-order valence-corrected chi connectivity index (χ0v) is 14.4. The Morgan fingerprint density at radius 1 is 1.00 bits per heavy atom. The first-order valence-electron chi connectivity index (χ1n) is 7.41. The average molecular weight is 298 g/mol. The van der Waals surface area contributed by atoms with Crippen LogP contribution in [0.25, 0.3) is 0 Å². The van der Waals surface area contributed by atoms with Crippen molar-refractivity contribution in [3.05, 3.63) is 0 Å². The highest BCUT2D eigenvalue weighted by atomic mass is 16.2. The van der Waals surface area contributed by atoms with Gasteiger partial charge < -0.3 is 10.6 Å². The molecule has 0 aliphatic rings. The van der Waals surface area contributed by atoms with Crippen LogP contribution in [0.2, 0.25) is 0 Å². The first-order valence-corrected chi connectivity index (χ1v) is 7.41. The van der Waals surface area contributed by atoms with Gasteiger partial charge in [0.05, 0.1) is 12.6 Å². The fraction of sp³-hybridized carbons (Fsp3) is 0.812. The molecule has 0 aliphatic heterocycles. The van der Waals surface area contributed by atoms with Crippen LogP contribution in [0, 0.1) is 5.41 Å². The molecule has 2 N–H and O–H groups in total. The Labute approximate surface area is 128 Å². The molecule has 0 rings (SSSR count). The van der Waals surface area contributed by atoms with Crippen LogP contribution in [0.15, 0.2) is 0 Å². The molecular weight excluding hydrogens is 268 g/mol. The van der Waals surface area contributed by atoms with E-state index in [0.717, 1.165) is 0 Å². The van der Waals surface area contributed by atoms with Crippen LogP contribution >= 0.6 is 0 Å². The van der Waals surface area contributed by atoms with Crippen molar-refractivity contribution in [3.63, 3.8) is 0 Å². The van der Waals surface area contributed by atoms with E-state index in [1.54, 1.807) is 0 Å². The van der Waals surface area contributed by atoms with Crippen LogP contribution in [0.4, 0.5) is 0 Å². The predicted molar refractivity (Wildman–Crippen MR) is 84.1 cm³/mol. The van der Waals surface area contributed by atoms with E-state index in [-0.39, 0.29) is 29.6 Å². The predicted octanol–water partition coefficient (Wildman–Crippen LogP) is 1.84. The van der Waals surface area contributed by atoms with Gasteiger partial charge in [0.15, 0.2) is 5.78 Å². The molecule has 0 aliphatic carbocycles. The molecule has 5 nitrogen and oxygen atoms in total. The highest BCUT2D eigenvalue weighted by Gasteiger charge is 2.24. The molecule has 0 fully saturated rings. The van der Waals surface area contributed by atoms with Gasteiger partial charge in [-0.3, -0.25) is 14.4 Å². The van der Waals surface area contributed by atoms with E-state index in [2.05, 4.69) is 10.6 Å². The third kappa shape index (κ3) is 9.34. The summed E-state index contributed by atoms with van der Waals surface area (Å²) in [5, 5.41) is 5.76. The van der Waals surface area contributed by atoms with Crippen molar-refractivity contribution in [1.29, 1.82) is 0 Å². The third-order valence-electron chi connectivity index (χ3n) is 3.10. The van der Waals surface area contributed by atoms with Gasteiger partial charge in [0, 0.05) is 17.4 Å². The summed E-state index contributed by atoms with van der Waals surface area (Å²) >= 11 is 0. The summed E-state index contributed by atoms with van der Waals surface area (Å²) in [6.45, 7) is 13.0. The molecule has 21 heavy (non-hydrogen) atoms. The molecule has 0 bridgehead atoms. The smallest absolute Gasteiger partial charge is 0.234 e. The molecule has 0 spiro atoms. The van der Waals surface area contributed by atoms with Gasteiger partial charge >= 0.3 is 0 Å². The maximum absolute atomic E-state index is 11.9. The van der Waals surface area contributed by atoms with E-state index in [1.165, 1.54) is 6.92 Å². The topological polar surface area (TPSA) is 75.3 Å². The summed E-state index contributed by atoms with van der Waals surface area (Å²) in [6, 6.07) is -0.592. The van der Waals surface area contributed by atoms with Crippen molar-refractivity contribution in [3.8, 4) is 0 Å². The van der Waals surface area contributed by atoms with Gasteiger partial charge in [-0.05, 0) is 34.1 Å². The molecule has 1 amide bonds. The minimum atomic E-state index is -0.592. The molecule has 1 unspecified atom stereocenters. The number of nitrogens with one attached hydrogen (secondary N) is 2. The normalized spacial score (nSPS) is 13.7. The largest absolute Gasteiger partial charge is 0.345 e. The van der Waals surface area contributed by atoms with Crippen molar-refractivity contribution < 1.29 is 14.4 Å². The molecule has 0 saturated carbocycles. The lowest BCUT2D eigenvalue weighted by Gasteiger charge is -2.22. The molecule has 0 aromatic heterocycles. The third-order valence-corrected chi connectivity index (χ3v) is 3.10. The maximum atomic E-state index is 11.9. The molecular formula is C16H30N2O3. The van der Waals surface area contributed by atoms with E-state index in [1.807, 2.05) is 41.5 Å². The maximum Gasteiger partial charge on any atom is 0.234 e. The molecule has 0 aromatic carbocycles. The van der Waals surface area contributed by atoms with Crippen molar-refractivity contribution in [1.82, 2.24) is 10.6 Å². The van der Waals surface area contributed by atoms with Gasteiger partial charge in [-0.2, -0.15) is 0 Å². The summed E-state index contributed by atoms with van der Waals surface area (Å²) in [6.07, 6.45) is 0.646. The molecule has 122 valence electrons.